The second-order valence-corrected chi connectivity index (χ2v) is 4.72. The Morgan fingerprint density at radius 3 is 1.10 bits per heavy atom. The predicted molar refractivity (Wildman–Crippen MR) is 82.8 cm³/mol. The summed E-state index contributed by atoms with van der Waals surface area (Å²) in [4.78, 5) is 0. The highest BCUT2D eigenvalue weighted by Gasteiger charge is 1.84. The van der Waals surface area contributed by atoms with E-state index in [0.29, 0.717) is 13.1 Å². The summed E-state index contributed by atoms with van der Waals surface area (Å²) in [5, 5.41) is 0. The van der Waals surface area contributed by atoms with Crippen molar-refractivity contribution in [3.8, 4) is 0 Å². The van der Waals surface area contributed by atoms with E-state index in [4.69, 9.17) is 29.0 Å². The number of hydrogen-bond acceptors (Lipinski definition) is 4. The van der Waals surface area contributed by atoms with Crippen molar-refractivity contribution in [1.29, 1.82) is 0 Å². The van der Waals surface area contributed by atoms with Crippen LogP contribution in [0.3, 0.4) is 0 Å². The molecule has 0 spiro atoms. The van der Waals surface area contributed by atoms with Crippen LogP contribution in [-0.4, -0.2) is 17.5 Å². The zero-order chi connectivity index (χ0) is 16.1. The van der Waals surface area contributed by atoms with E-state index in [9.17, 15) is 0 Å². The van der Waals surface area contributed by atoms with E-state index in [0.717, 1.165) is 0 Å². The highest BCUT2D eigenvalue weighted by molar-refractivity contribution is 7.79. The molecule has 0 heterocycles. The average Bonchev–Trinajstić information content (AvgIpc) is 2.48. The third-order valence-corrected chi connectivity index (χ3v) is 2.16. The zero-order valence-electron chi connectivity index (χ0n) is 11.5. The highest BCUT2D eigenvalue weighted by atomic mass is 32.3. The van der Waals surface area contributed by atoms with Gasteiger partial charge in [0.2, 0.25) is 0 Å². The minimum absolute atomic E-state index is 0.640. The van der Waals surface area contributed by atoms with E-state index in [1.54, 1.807) is 0 Å². The van der Waals surface area contributed by atoms with Crippen molar-refractivity contribution in [1.82, 2.24) is 0 Å². The molecule has 2 rings (SSSR count). The summed E-state index contributed by atoms with van der Waals surface area (Å²) in [5.74, 6) is 0. The van der Waals surface area contributed by atoms with Crippen LogP contribution in [0.5, 0.6) is 0 Å². The second kappa shape index (κ2) is 11.0. The molecule has 0 bridgehead atoms. The van der Waals surface area contributed by atoms with Crippen LogP contribution < -0.4 is 11.5 Å². The van der Waals surface area contributed by atoms with E-state index in [-0.39, 0.29) is 0 Å². The molecule has 0 saturated heterocycles. The minimum Gasteiger partial charge on any atom is -0.326 e. The third kappa shape index (κ3) is 14.4. The summed E-state index contributed by atoms with van der Waals surface area (Å²) in [6, 6.07) is 20.0. The standard InChI is InChI=1S/2C7H9N.H2O4S/c2*8-6-7-4-2-1-3-5-7;1-5(2,3)4/h2*1-5H,6,8H2;(H2,1,2,3,4). The fourth-order valence-corrected chi connectivity index (χ4v) is 1.23. The third-order valence-electron chi connectivity index (χ3n) is 2.16. The number of hydrogen-bond donors (Lipinski definition) is 4. The SMILES string of the molecule is NCc1ccccc1.NCc1ccccc1.O=S(=O)(O)O. The molecule has 116 valence electrons. The molecule has 6 nitrogen and oxygen atoms in total. The Balaban J connectivity index is 0.000000296. The molecule has 6 N–H and O–H groups in total. The van der Waals surface area contributed by atoms with Gasteiger partial charge in [-0.25, -0.2) is 0 Å². The molecule has 2 aromatic rings. The lowest BCUT2D eigenvalue weighted by molar-refractivity contribution is 0.381. The minimum atomic E-state index is -4.67. The molecule has 2 aromatic carbocycles. The fraction of sp³-hybridized carbons (Fsp3) is 0.143. The Morgan fingerprint density at radius 1 is 0.714 bits per heavy atom. The topological polar surface area (TPSA) is 127 Å². The van der Waals surface area contributed by atoms with Crippen LogP contribution in [0.15, 0.2) is 60.7 Å². The first-order valence-corrected chi connectivity index (χ1v) is 7.44. The molecule has 0 aliphatic carbocycles. The molecule has 0 atom stereocenters. The van der Waals surface area contributed by atoms with Gasteiger partial charge < -0.3 is 11.5 Å². The smallest absolute Gasteiger partial charge is 0.326 e. The lowest BCUT2D eigenvalue weighted by Crippen LogP contribution is -1.94. The number of benzene rings is 2. The quantitative estimate of drug-likeness (QED) is 0.624. The second-order valence-electron chi connectivity index (χ2n) is 3.83. The van der Waals surface area contributed by atoms with Crippen LogP contribution in [0.2, 0.25) is 0 Å². The normalized spacial score (nSPS) is 9.71. The van der Waals surface area contributed by atoms with E-state index < -0.39 is 10.4 Å². The summed E-state index contributed by atoms with van der Waals surface area (Å²) in [7, 11) is -4.67. The first-order chi connectivity index (χ1) is 9.86. The zero-order valence-corrected chi connectivity index (χ0v) is 12.3. The van der Waals surface area contributed by atoms with Gasteiger partial charge in [-0.2, -0.15) is 8.42 Å². The summed E-state index contributed by atoms with van der Waals surface area (Å²) in [6.45, 7) is 1.28. The van der Waals surface area contributed by atoms with Gasteiger partial charge in [0.05, 0.1) is 0 Å². The van der Waals surface area contributed by atoms with Crippen LogP contribution in [0.1, 0.15) is 11.1 Å². The van der Waals surface area contributed by atoms with E-state index in [1.165, 1.54) is 11.1 Å². The Morgan fingerprint density at radius 2 is 0.952 bits per heavy atom. The molecule has 0 amide bonds. The van der Waals surface area contributed by atoms with Gasteiger partial charge in [0.25, 0.3) is 0 Å². The summed E-state index contributed by atoms with van der Waals surface area (Å²) < 4.78 is 31.6. The molecule has 0 saturated carbocycles. The summed E-state index contributed by atoms with van der Waals surface area (Å²) >= 11 is 0. The maximum Gasteiger partial charge on any atom is 0.394 e. The van der Waals surface area contributed by atoms with Crippen molar-refractivity contribution < 1.29 is 17.5 Å². The van der Waals surface area contributed by atoms with Crippen molar-refractivity contribution in [2.75, 3.05) is 0 Å². The molecule has 7 heteroatoms. The van der Waals surface area contributed by atoms with Gasteiger partial charge in [0, 0.05) is 13.1 Å². The predicted octanol–water partition coefficient (Wildman–Crippen LogP) is 1.64. The Bertz CT molecular complexity index is 527. The van der Waals surface area contributed by atoms with E-state index in [1.807, 2.05) is 60.7 Å². The molecule has 0 aliphatic heterocycles. The molecule has 0 aliphatic rings. The Kier molecular flexibility index (Phi) is 10.0. The van der Waals surface area contributed by atoms with Gasteiger partial charge in [-0.1, -0.05) is 60.7 Å². The molecule has 0 radical (unpaired) electrons. The van der Waals surface area contributed by atoms with Gasteiger partial charge in [0.15, 0.2) is 0 Å². The number of nitrogens with two attached hydrogens (primary N) is 2. The van der Waals surface area contributed by atoms with Gasteiger partial charge >= 0.3 is 10.4 Å². The largest absolute Gasteiger partial charge is 0.394 e. The van der Waals surface area contributed by atoms with Crippen LogP contribution in [0.25, 0.3) is 0 Å². The van der Waals surface area contributed by atoms with Crippen LogP contribution in [-0.2, 0) is 23.5 Å². The highest BCUT2D eigenvalue weighted by Crippen LogP contribution is 1.94. The van der Waals surface area contributed by atoms with Gasteiger partial charge in [-0.3, -0.25) is 9.11 Å². The van der Waals surface area contributed by atoms with E-state index >= 15 is 0 Å². The van der Waals surface area contributed by atoms with Gasteiger partial charge in [-0.05, 0) is 11.1 Å². The van der Waals surface area contributed by atoms with Crippen LogP contribution in [0.4, 0.5) is 0 Å². The Hall–Kier alpha value is -1.77. The van der Waals surface area contributed by atoms with Crippen molar-refractivity contribution in [3.05, 3.63) is 71.8 Å². The number of rotatable bonds is 2. The summed E-state index contributed by atoms with van der Waals surface area (Å²) in [5.41, 5.74) is 13.1. The van der Waals surface area contributed by atoms with Crippen LogP contribution >= 0.6 is 0 Å². The van der Waals surface area contributed by atoms with Crippen molar-refractivity contribution in [2.45, 2.75) is 13.1 Å². The molecular weight excluding hydrogens is 292 g/mol. The maximum absolute atomic E-state index is 8.74. The van der Waals surface area contributed by atoms with Crippen molar-refractivity contribution in [3.63, 3.8) is 0 Å². The lowest BCUT2D eigenvalue weighted by atomic mass is 10.2. The molecule has 0 unspecified atom stereocenters. The van der Waals surface area contributed by atoms with E-state index in [2.05, 4.69) is 0 Å². The molecule has 0 fully saturated rings. The maximum atomic E-state index is 8.74. The lowest BCUT2D eigenvalue weighted by Gasteiger charge is -1.90. The average molecular weight is 312 g/mol. The molecule has 21 heavy (non-hydrogen) atoms. The van der Waals surface area contributed by atoms with Gasteiger partial charge in [-0.15, -0.1) is 0 Å². The first-order valence-electron chi connectivity index (χ1n) is 6.04. The van der Waals surface area contributed by atoms with Gasteiger partial charge in [0.1, 0.15) is 0 Å². The fourth-order valence-electron chi connectivity index (χ4n) is 1.23. The van der Waals surface area contributed by atoms with Crippen molar-refractivity contribution in [2.24, 2.45) is 11.5 Å². The van der Waals surface area contributed by atoms with Crippen LogP contribution in [0, 0.1) is 0 Å². The molecule has 0 aromatic heterocycles. The van der Waals surface area contributed by atoms with Crippen molar-refractivity contribution >= 4 is 10.4 Å². The Labute approximate surface area is 125 Å². The summed E-state index contributed by atoms with van der Waals surface area (Å²) in [6.07, 6.45) is 0. The monoisotopic (exact) mass is 312 g/mol. The first kappa shape index (κ1) is 19.2. The molecular formula is C14H20N2O4S.